The first-order valence-corrected chi connectivity index (χ1v) is 20.1. The largest absolute Gasteiger partial charge is 0.508 e. The summed E-state index contributed by atoms with van der Waals surface area (Å²) < 4.78 is 30.8. The number of allylic oxidation sites excluding steroid dienone is 1. The van der Waals surface area contributed by atoms with Crippen LogP contribution in [0.2, 0.25) is 0 Å². The fraction of sp³-hybridized carbons (Fsp3) is 0.455. The molecular weight excluding hydrogens is 762 g/mol. The van der Waals surface area contributed by atoms with Gasteiger partial charge in [0.05, 0.1) is 30.3 Å². The van der Waals surface area contributed by atoms with Crippen molar-refractivity contribution in [2.45, 2.75) is 75.8 Å². The Kier molecular flexibility index (Phi) is 13.0. The van der Waals surface area contributed by atoms with Gasteiger partial charge in [0.1, 0.15) is 24.1 Å². The molecule has 0 radical (unpaired) electrons. The molecule has 1 saturated carbocycles. The number of oxime groups is 1. The van der Waals surface area contributed by atoms with Crippen molar-refractivity contribution in [3.63, 3.8) is 0 Å². The summed E-state index contributed by atoms with van der Waals surface area (Å²) in [5, 5.41) is 46.7. The van der Waals surface area contributed by atoms with E-state index in [4.69, 9.17) is 33.7 Å². The number of rotatable bonds is 18. The van der Waals surface area contributed by atoms with Gasteiger partial charge in [-0.3, -0.25) is 15.0 Å². The Morgan fingerprint density at radius 1 is 1.00 bits per heavy atom. The lowest BCUT2D eigenvalue weighted by Crippen LogP contribution is -2.70. The lowest BCUT2D eigenvalue weighted by molar-refractivity contribution is -0.384. The summed E-state index contributed by atoms with van der Waals surface area (Å²) in [6.45, 7) is 4.30. The number of aliphatic hydroxyl groups excluding tert-OH is 2. The minimum absolute atomic E-state index is 0.0105. The number of amides is 1. The molecule has 2 aliphatic carbocycles. The van der Waals surface area contributed by atoms with Crippen LogP contribution < -0.4 is 14.2 Å². The van der Waals surface area contributed by atoms with Crippen LogP contribution in [0.25, 0.3) is 0 Å². The molecule has 1 fully saturated rings. The van der Waals surface area contributed by atoms with E-state index in [1.165, 1.54) is 19.2 Å². The molecule has 3 N–H and O–H groups in total. The van der Waals surface area contributed by atoms with Crippen LogP contribution in [0.1, 0.15) is 67.6 Å². The molecule has 15 nitrogen and oxygen atoms in total. The highest BCUT2D eigenvalue weighted by Gasteiger charge is 2.65. The van der Waals surface area contributed by atoms with Gasteiger partial charge in [0.15, 0.2) is 11.5 Å². The zero-order valence-corrected chi connectivity index (χ0v) is 33.1. The maximum absolute atomic E-state index is 14.2. The second-order valence-corrected chi connectivity index (χ2v) is 15.3. The number of aromatic hydroxyl groups is 1. The standard InChI is InChI=1S/C44H51N3O12/c1-3-20-57-44-40(46(43(51)54-2)25-29-12-16-38-39(21-29)56-27-55-38)24-36(45-58-26-28-10-13-31(14-11-28)47(52)53)34-22-30(8-4-6-18-48)33(9-5-7-19-49)41(42(34)44)35-23-32(50)15-17-37(35)59-44/h3,10-17,21-23,30,33,40-42,48-50H,1,4-9,18-20,24-27H2,2H3/t30-,33+,40-,41+,42+,44+/m0/s1. The average Bonchev–Trinajstić information content (AvgIpc) is 3.72. The quantitative estimate of drug-likeness (QED) is 0.0510. The lowest BCUT2D eigenvalue weighted by Gasteiger charge is -2.59. The Hall–Kier alpha value is -5.64. The van der Waals surface area contributed by atoms with E-state index >= 15 is 0 Å². The molecular formula is C44H51N3O12. The fourth-order valence-corrected chi connectivity index (χ4v) is 9.21. The van der Waals surface area contributed by atoms with Crippen molar-refractivity contribution < 1.29 is 53.6 Å². The van der Waals surface area contributed by atoms with Gasteiger partial charge < -0.3 is 43.8 Å². The van der Waals surface area contributed by atoms with Gasteiger partial charge in [-0.1, -0.05) is 36.2 Å². The highest BCUT2D eigenvalue weighted by molar-refractivity contribution is 6.03. The first kappa shape index (κ1) is 41.5. The minimum Gasteiger partial charge on any atom is -0.508 e. The zero-order valence-electron chi connectivity index (χ0n) is 33.1. The molecule has 0 aromatic heterocycles. The molecule has 1 amide bonds. The molecule has 0 saturated heterocycles. The van der Waals surface area contributed by atoms with Gasteiger partial charge in [-0.25, -0.2) is 4.79 Å². The Morgan fingerprint density at radius 3 is 2.46 bits per heavy atom. The second-order valence-electron chi connectivity index (χ2n) is 15.3. The number of ether oxygens (including phenoxy) is 5. The molecule has 6 atom stereocenters. The molecule has 0 bridgehead atoms. The number of benzene rings is 3. The molecule has 3 aromatic rings. The van der Waals surface area contributed by atoms with E-state index in [2.05, 4.69) is 12.7 Å². The Balaban J connectivity index is 1.41. The number of phenols is 1. The van der Waals surface area contributed by atoms with Crippen molar-refractivity contribution in [2.24, 2.45) is 22.9 Å². The first-order chi connectivity index (χ1) is 28.7. The van der Waals surface area contributed by atoms with Gasteiger partial charge in [0.25, 0.3) is 5.69 Å². The van der Waals surface area contributed by atoms with Crippen LogP contribution in [-0.2, 0) is 27.5 Å². The minimum atomic E-state index is -1.54. The van der Waals surface area contributed by atoms with Crippen molar-refractivity contribution in [3.8, 4) is 23.0 Å². The van der Waals surface area contributed by atoms with Gasteiger partial charge in [-0.2, -0.15) is 0 Å². The highest BCUT2D eigenvalue weighted by Crippen LogP contribution is 2.62. The topological polar surface area (TPSA) is 192 Å². The molecule has 314 valence electrons. The summed E-state index contributed by atoms with van der Waals surface area (Å²) in [4.78, 5) is 32.7. The van der Waals surface area contributed by atoms with Gasteiger partial charge in [-0.15, -0.1) is 6.58 Å². The van der Waals surface area contributed by atoms with Gasteiger partial charge in [0, 0.05) is 49.8 Å². The fourth-order valence-electron chi connectivity index (χ4n) is 9.21. The third kappa shape index (κ3) is 8.59. The van der Waals surface area contributed by atoms with Crippen molar-refractivity contribution >= 4 is 17.5 Å². The SMILES string of the molecule is C=CCO[C@@]12Oc3ccc(O)cc3[C@H]3[C@H](CCCCO)[C@@H](CCCCO)C=C(C(=NOCc4ccc([N+](=O)[O-])cc4)C[C@@H]1N(Cc1ccc4c(c1)OCO4)C(=O)OC)[C@H]32. The smallest absolute Gasteiger partial charge is 0.410 e. The molecule has 2 heterocycles. The maximum atomic E-state index is 14.2. The van der Waals surface area contributed by atoms with Crippen LogP contribution in [0.3, 0.4) is 0 Å². The van der Waals surface area contributed by atoms with Crippen molar-refractivity contribution in [3.05, 3.63) is 112 Å². The molecule has 0 unspecified atom stereocenters. The number of phenolic OH excluding ortho intramolecular Hbond substituents is 1. The third-order valence-electron chi connectivity index (χ3n) is 11.8. The summed E-state index contributed by atoms with van der Waals surface area (Å²) >= 11 is 0. The monoisotopic (exact) mass is 813 g/mol. The predicted octanol–water partition coefficient (Wildman–Crippen LogP) is 7.13. The number of unbranched alkanes of at least 4 members (excludes halogenated alkanes) is 2. The number of nitro groups is 1. The predicted molar refractivity (Wildman–Crippen MR) is 215 cm³/mol. The van der Waals surface area contributed by atoms with Crippen LogP contribution in [0.5, 0.6) is 23.0 Å². The lowest BCUT2D eigenvalue weighted by atomic mass is 9.55. The van der Waals surface area contributed by atoms with E-state index < -0.39 is 28.8 Å². The number of methoxy groups -OCH3 is 1. The molecule has 59 heavy (non-hydrogen) atoms. The normalized spacial score (nSPS) is 24.3. The Bertz CT molecular complexity index is 2050. The summed E-state index contributed by atoms with van der Waals surface area (Å²) in [5.41, 5.74) is 3.51. The van der Waals surface area contributed by atoms with E-state index in [-0.39, 0.29) is 75.4 Å². The van der Waals surface area contributed by atoms with Crippen LogP contribution in [0.4, 0.5) is 10.5 Å². The number of aliphatic hydroxyl groups is 2. The van der Waals surface area contributed by atoms with E-state index in [1.807, 2.05) is 12.1 Å². The molecule has 7 rings (SSSR count). The van der Waals surface area contributed by atoms with Crippen LogP contribution in [0.15, 0.2) is 90.1 Å². The summed E-state index contributed by atoms with van der Waals surface area (Å²) in [6, 6.07) is 15.7. The van der Waals surface area contributed by atoms with E-state index in [0.717, 1.165) is 42.4 Å². The average molecular weight is 814 g/mol. The Morgan fingerprint density at radius 2 is 1.73 bits per heavy atom. The molecule has 2 aliphatic heterocycles. The van der Waals surface area contributed by atoms with Crippen LogP contribution in [-0.4, -0.2) is 82.5 Å². The molecule has 15 heteroatoms. The number of nitro benzene ring substituents is 1. The number of non-ortho nitro benzene ring substituents is 1. The number of fused-ring (bicyclic) bond motifs is 3. The summed E-state index contributed by atoms with van der Waals surface area (Å²) in [5.74, 6) is -0.803. The first-order valence-electron chi connectivity index (χ1n) is 20.1. The number of hydrogen-bond acceptors (Lipinski definition) is 13. The molecule has 3 aromatic carbocycles. The van der Waals surface area contributed by atoms with Crippen LogP contribution in [0, 0.1) is 27.9 Å². The summed E-state index contributed by atoms with van der Waals surface area (Å²) in [6.07, 6.45) is 7.54. The third-order valence-corrected chi connectivity index (χ3v) is 11.8. The van der Waals surface area contributed by atoms with Crippen molar-refractivity contribution in [1.29, 1.82) is 0 Å². The highest BCUT2D eigenvalue weighted by atomic mass is 16.7. The van der Waals surface area contributed by atoms with E-state index in [0.29, 0.717) is 41.4 Å². The van der Waals surface area contributed by atoms with E-state index in [1.54, 1.807) is 47.4 Å². The second kappa shape index (κ2) is 18.5. The van der Waals surface area contributed by atoms with Crippen LogP contribution >= 0.6 is 0 Å². The molecule has 0 spiro atoms. The number of nitrogens with zero attached hydrogens (tertiary/aromatic N) is 3. The number of carbonyl (C=O) groups is 1. The summed E-state index contributed by atoms with van der Waals surface area (Å²) in [7, 11) is 1.32. The van der Waals surface area contributed by atoms with Crippen molar-refractivity contribution in [1.82, 2.24) is 4.90 Å². The van der Waals surface area contributed by atoms with Gasteiger partial charge >= 0.3 is 6.09 Å². The van der Waals surface area contributed by atoms with Crippen molar-refractivity contribution in [2.75, 3.05) is 33.7 Å². The number of hydrogen-bond donors (Lipinski definition) is 3. The zero-order chi connectivity index (χ0) is 41.5. The maximum Gasteiger partial charge on any atom is 0.410 e. The molecule has 4 aliphatic rings. The Labute approximate surface area is 342 Å². The van der Waals surface area contributed by atoms with E-state index in [9.17, 15) is 30.2 Å². The van der Waals surface area contributed by atoms with Gasteiger partial charge in [-0.05, 0) is 96.7 Å². The van der Waals surface area contributed by atoms with Gasteiger partial charge in [0.2, 0.25) is 12.6 Å². The number of carbonyl (C=O) groups excluding carboxylic acids is 1.